The van der Waals surface area contributed by atoms with E-state index in [-0.39, 0.29) is 0 Å². The maximum Gasteiger partial charge on any atom is 0.308 e. The van der Waals surface area contributed by atoms with Gasteiger partial charge in [-0.15, -0.1) is 0 Å². The number of hydrogen-bond donors (Lipinski definition) is 0. The van der Waals surface area contributed by atoms with Gasteiger partial charge in [0.05, 0.1) is 0 Å². The van der Waals surface area contributed by atoms with Crippen molar-refractivity contribution in [1.29, 1.82) is 0 Å². The summed E-state index contributed by atoms with van der Waals surface area (Å²) >= 11 is 0. The SMILES string of the molecule is CC(=O)Oc1ccccc1C(C=Cc1cccc2ccccc12)OC(C)=O. The molecule has 0 spiro atoms. The van der Waals surface area contributed by atoms with Crippen molar-refractivity contribution in [3.8, 4) is 5.75 Å². The van der Waals surface area contributed by atoms with E-state index in [1.165, 1.54) is 13.8 Å². The standard InChI is InChI=1S/C23H20O4/c1-16(24)26-22-13-6-5-12-21(22)23(27-17(2)25)15-14-19-10-7-9-18-8-3-4-11-20(18)19/h3-15,23H,1-2H3. The zero-order valence-corrected chi connectivity index (χ0v) is 15.2. The highest BCUT2D eigenvalue weighted by atomic mass is 16.6. The van der Waals surface area contributed by atoms with Crippen LogP contribution in [0, 0.1) is 0 Å². The van der Waals surface area contributed by atoms with Gasteiger partial charge in [-0.2, -0.15) is 0 Å². The molecule has 4 nitrogen and oxygen atoms in total. The Morgan fingerprint density at radius 1 is 0.852 bits per heavy atom. The van der Waals surface area contributed by atoms with Gasteiger partial charge in [-0.3, -0.25) is 9.59 Å². The molecule has 0 aliphatic carbocycles. The van der Waals surface area contributed by atoms with Crippen LogP contribution in [-0.4, -0.2) is 11.9 Å². The van der Waals surface area contributed by atoms with E-state index in [9.17, 15) is 9.59 Å². The smallest absolute Gasteiger partial charge is 0.308 e. The lowest BCUT2D eigenvalue weighted by atomic mass is 10.0. The van der Waals surface area contributed by atoms with Crippen molar-refractivity contribution >= 4 is 28.8 Å². The molecule has 0 heterocycles. The summed E-state index contributed by atoms with van der Waals surface area (Å²) in [5.41, 5.74) is 1.62. The summed E-state index contributed by atoms with van der Waals surface area (Å²) in [6.07, 6.45) is 3.04. The molecule has 3 aromatic rings. The Kier molecular flexibility index (Phi) is 5.67. The van der Waals surface area contributed by atoms with Crippen molar-refractivity contribution in [1.82, 2.24) is 0 Å². The fourth-order valence-electron chi connectivity index (χ4n) is 2.94. The van der Waals surface area contributed by atoms with E-state index in [0.29, 0.717) is 11.3 Å². The Morgan fingerprint density at radius 3 is 2.33 bits per heavy atom. The zero-order valence-electron chi connectivity index (χ0n) is 15.2. The van der Waals surface area contributed by atoms with Crippen LogP contribution in [0.3, 0.4) is 0 Å². The molecule has 0 aliphatic rings. The summed E-state index contributed by atoms with van der Waals surface area (Å²) in [5, 5.41) is 2.23. The highest BCUT2D eigenvalue weighted by molar-refractivity contribution is 5.90. The lowest BCUT2D eigenvalue weighted by Gasteiger charge is -2.17. The van der Waals surface area contributed by atoms with E-state index in [4.69, 9.17) is 9.47 Å². The van der Waals surface area contributed by atoms with Gasteiger partial charge in [0.15, 0.2) is 0 Å². The Labute approximate surface area is 158 Å². The average Bonchev–Trinajstić information content (AvgIpc) is 2.65. The molecule has 0 aliphatic heterocycles. The molecule has 0 bridgehead atoms. The molecule has 4 heteroatoms. The third-order valence-electron chi connectivity index (χ3n) is 4.05. The van der Waals surface area contributed by atoms with Crippen LogP contribution < -0.4 is 4.74 Å². The number of carbonyl (C=O) groups is 2. The molecule has 0 saturated heterocycles. The van der Waals surface area contributed by atoms with Crippen LogP contribution in [0.2, 0.25) is 0 Å². The largest absolute Gasteiger partial charge is 0.453 e. The number of para-hydroxylation sites is 1. The third kappa shape index (κ3) is 4.61. The second-order valence-corrected chi connectivity index (χ2v) is 6.09. The Bertz CT molecular complexity index is 999. The summed E-state index contributed by atoms with van der Waals surface area (Å²) in [5.74, 6) is -0.471. The predicted molar refractivity (Wildman–Crippen MR) is 105 cm³/mol. The second kappa shape index (κ2) is 8.32. The lowest BCUT2D eigenvalue weighted by Crippen LogP contribution is -2.10. The van der Waals surface area contributed by atoms with Crippen molar-refractivity contribution < 1.29 is 19.1 Å². The van der Waals surface area contributed by atoms with E-state index in [1.54, 1.807) is 24.3 Å². The number of fused-ring (bicyclic) bond motifs is 1. The molecular formula is C23H20O4. The first-order valence-corrected chi connectivity index (χ1v) is 8.65. The van der Waals surface area contributed by atoms with Gasteiger partial charge in [-0.1, -0.05) is 66.7 Å². The van der Waals surface area contributed by atoms with Gasteiger partial charge in [0.1, 0.15) is 11.9 Å². The molecule has 1 atom stereocenters. The summed E-state index contributed by atoms with van der Waals surface area (Å²) in [7, 11) is 0. The van der Waals surface area contributed by atoms with Crippen molar-refractivity contribution in [2.24, 2.45) is 0 Å². The molecule has 0 N–H and O–H groups in total. The van der Waals surface area contributed by atoms with Crippen LogP contribution in [0.5, 0.6) is 5.75 Å². The maximum atomic E-state index is 11.6. The molecular weight excluding hydrogens is 340 g/mol. The van der Waals surface area contributed by atoms with Crippen molar-refractivity contribution in [3.05, 3.63) is 83.9 Å². The normalized spacial score (nSPS) is 12.1. The Morgan fingerprint density at radius 2 is 1.56 bits per heavy atom. The van der Waals surface area contributed by atoms with Gasteiger partial charge in [0.25, 0.3) is 0 Å². The van der Waals surface area contributed by atoms with Gasteiger partial charge in [0.2, 0.25) is 0 Å². The molecule has 0 radical (unpaired) electrons. The fourth-order valence-corrected chi connectivity index (χ4v) is 2.94. The van der Waals surface area contributed by atoms with E-state index >= 15 is 0 Å². The number of benzene rings is 3. The minimum atomic E-state index is -0.669. The van der Waals surface area contributed by atoms with Crippen LogP contribution in [0.15, 0.2) is 72.8 Å². The van der Waals surface area contributed by atoms with Gasteiger partial charge in [-0.05, 0) is 28.5 Å². The molecule has 0 saturated carbocycles. The quantitative estimate of drug-likeness (QED) is 0.470. The number of rotatable bonds is 5. The van der Waals surface area contributed by atoms with Crippen LogP contribution in [0.25, 0.3) is 16.8 Å². The average molecular weight is 360 g/mol. The summed E-state index contributed by atoms with van der Waals surface area (Å²) < 4.78 is 10.7. The van der Waals surface area contributed by atoms with E-state index < -0.39 is 18.0 Å². The first kappa shape index (κ1) is 18.4. The van der Waals surface area contributed by atoms with Gasteiger partial charge < -0.3 is 9.47 Å². The third-order valence-corrected chi connectivity index (χ3v) is 4.05. The maximum absolute atomic E-state index is 11.6. The van der Waals surface area contributed by atoms with Crippen molar-refractivity contribution in [2.45, 2.75) is 20.0 Å². The first-order chi connectivity index (χ1) is 13.0. The Balaban J connectivity index is 2.00. The van der Waals surface area contributed by atoms with E-state index in [0.717, 1.165) is 16.3 Å². The number of carbonyl (C=O) groups excluding carboxylic acids is 2. The molecule has 136 valence electrons. The molecule has 0 aromatic heterocycles. The highest BCUT2D eigenvalue weighted by Crippen LogP contribution is 2.30. The fraction of sp³-hybridized carbons (Fsp3) is 0.130. The predicted octanol–water partition coefficient (Wildman–Crippen LogP) is 5.08. The van der Waals surface area contributed by atoms with E-state index in [2.05, 4.69) is 0 Å². The first-order valence-electron chi connectivity index (χ1n) is 8.65. The van der Waals surface area contributed by atoms with Gasteiger partial charge >= 0.3 is 11.9 Å². The highest BCUT2D eigenvalue weighted by Gasteiger charge is 2.17. The Hall–Kier alpha value is -3.40. The summed E-state index contributed by atoms with van der Waals surface area (Å²) in [6.45, 7) is 2.69. The van der Waals surface area contributed by atoms with Gasteiger partial charge in [0, 0.05) is 19.4 Å². The van der Waals surface area contributed by atoms with Crippen molar-refractivity contribution in [3.63, 3.8) is 0 Å². The molecule has 0 fully saturated rings. The number of hydrogen-bond acceptors (Lipinski definition) is 4. The van der Waals surface area contributed by atoms with E-state index in [1.807, 2.05) is 54.6 Å². The zero-order chi connectivity index (χ0) is 19.2. The minimum absolute atomic E-state index is 0.374. The minimum Gasteiger partial charge on any atom is -0.453 e. The summed E-state index contributed by atoms with van der Waals surface area (Å²) in [6, 6.07) is 21.1. The van der Waals surface area contributed by atoms with Crippen molar-refractivity contribution in [2.75, 3.05) is 0 Å². The molecule has 3 aromatic carbocycles. The number of ether oxygens (including phenoxy) is 2. The summed E-state index contributed by atoms with van der Waals surface area (Å²) in [4.78, 5) is 23.0. The lowest BCUT2D eigenvalue weighted by molar-refractivity contribution is -0.144. The second-order valence-electron chi connectivity index (χ2n) is 6.09. The topological polar surface area (TPSA) is 52.6 Å². The number of esters is 2. The molecule has 27 heavy (non-hydrogen) atoms. The molecule has 3 rings (SSSR count). The van der Waals surface area contributed by atoms with Crippen LogP contribution in [0.4, 0.5) is 0 Å². The van der Waals surface area contributed by atoms with Gasteiger partial charge in [-0.25, -0.2) is 0 Å². The van der Waals surface area contributed by atoms with Crippen LogP contribution in [0.1, 0.15) is 31.1 Å². The monoisotopic (exact) mass is 360 g/mol. The molecule has 0 amide bonds. The van der Waals surface area contributed by atoms with Crippen LogP contribution in [-0.2, 0) is 14.3 Å². The molecule has 1 unspecified atom stereocenters. The van der Waals surface area contributed by atoms with Crippen LogP contribution >= 0.6 is 0 Å².